The number of thioether (sulfide) groups is 1. The van der Waals surface area contributed by atoms with E-state index in [-0.39, 0.29) is 17.3 Å². The molecular formula is C25H34N2O3S2. The fraction of sp³-hybridized carbons (Fsp3) is 0.480. The number of carbonyl (C=O) groups is 1. The van der Waals surface area contributed by atoms with E-state index in [4.69, 9.17) is 0 Å². The Hall–Kier alpha value is -1.99. The maximum absolute atomic E-state index is 13.4. The zero-order valence-corrected chi connectivity index (χ0v) is 20.7. The number of hydrogen-bond acceptors (Lipinski definition) is 4. The van der Waals surface area contributed by atoms with Gasteiger partial charge in [-0.3, -0.25) is 9.10 Å². The molecule has 3 rings (SSSR count). The molecule has 0 bridgehead atoms. The molecule has 5 nitrogen and oxygen atoms in total. The summed E-state index contributed by atoms with van der Waals surface area (Å²) in [5.74, 6) is 0.566. The van der Waals surface area contributed by atoms with Crippen molar-refractivity contribution in [2.24, 2.45) is 0 Å². The first-order chi connectivity index (χ1) is 15.4. The fourth-order valence-electron chi connectivity index (χ4n) is 3.88. The van der Waals surface area contributed by atoms with Crippen molar-refractivity contribution in [3.8, 4) is 0 Å². The Morgan fingerprint density at radius 3 is 2.31 bits per heavy atom. The molecule has 0 spiro atoms. The highest BCUT2D eigenvalue weighted by atomic mass is 32.2. The Morgan fingerprint density at radius 2 is 1.69 bits per heavy atom. The largest absolute Gasteiger partial charge is 0.354 e. The summed E-state index contributed by atoms with van der Waals surface area (Å²) < 4.78 is 28.0. The molecular weight excluding hydrogens is 440 g/mol. The summed E-state index contributed by atoms with van der Waals surface area (Å²) in [6.45, 7) is 4.27. The molecule has 0 atom stereocenters. The van der Waals surface area contributed by atoms with Crippen molar-refractivity contribution in [2.75, 3.05) is 23.1 Å². The minimum absolute atomic E-state index is 0.184. The molecule has 1 N–H and O–H groups in total. The Labute approximate surface area is 197 Å². The summed E-state index contributed by atoms with van der Waals surface area (Å²) in [5.41, 5.74) is 2.59. The third kappa shape index (κ3) is 6.75. The van der Waals surface area contributed by atoms with Gasteiger partial charge in [0.2, 0.25) is 5.91 Å². The van der Waals surface area contributed by atoms with Crippen molar-refractivity contribution in [3.05, 3.63) is 59.7 Å². The topological polar surface area (TPSA) is 66.5 Å². The van der Waals surface area contributed by atoms with Crippen LogP contribution < -0.4 is 9.62 Å². The molecule has 1 amide bonds. The molecule has 0 unspecified atom stereocenters. The van der Waals surface area contributed by atoms with Crippen LogP contribution in [0.15, 0.2) is 53.4 Å². The van der Waals surface area contributed by atoms with Crippen LogP contribution in [-0.2, 0) is 21.2 Å². The van der Waals surface area contributed by atoms with E-state index in [2.05, 4.69) is 12.2 Å². The molecule has 1 aliphatic carbocycles. The lowest BCUT2D eigenvalue weighted by Gasteiger charge is -2.24. The van der Waals surface area contributed by atoms with Crippen LogP contribution in [0.2, 0.25) is 0 Å². The number of rotatable bonds is 10. The van der Waals surface area contributed by atoms with E-state index in [1.54, 1.807) is 36.4 Å². The maximum atomic E-state index is 13.4. The minimum Gasteiger partial charge on any atom is -0.354 e. The molecule has 174 valence electrons. The van der Waals surface area contributed by atoms with Gasteiger partial charge < -0.3 is 5.32 Å². The van der Waals surface area contributed by atoms with Crippen LogP contribution in [0.4, 0.5) is 5.69 Å². The van der Waals surface area contributed by atoms with E-state index in [0.717, 1.165) is 23.3 Å². The highest BCUT2D eigenvalue weighted by Crippen LogP contribution is 2.28. The lowest BCUT2D eigenvalue weighted by atomic mass is 10.0. The maximum Gasteiger partial charge on any atom is 0.264 e. The number of sulfonamides is 1. The molecule has 1 saturated carbocycles. The third-order valence-corrected chi connectivity index (χ3v) is 9.03. The number of hydrogen-bond donors (Lipinski definition) is 1. The number of aryl methyl sites for hydroxylation is 2. The van der Waals surface area contributed by atoms with Crippen molar-refractivity contribution >= 4 is 33.4 Å². The molecule has 0 saturated heterocycles. The molecule has 2 aromatic carbocycles. The number of amides is 1. The van der Waals surface area contributed by atoms with Gasteiger partial charge in [-0.15, -0.1) is 0 Å². The van der Waals surface area contributed by atoms with Crippen LogP contribution in [0, 0.1) is 6.92 Å². The number of anilines is 1. The number of benzene rings is 2. The van der Waals surface area contributed by atoms with E-state index in [1.165, 1.54) is 36.4 Å². The molecule has 0 radical (unpaired) electrons. The zero-order valence-electron chi connectivity index (χ0n) is 19.0. The van der Waals surface area contributed by atoms with Crippen molar-refractivity contribution in [1.82, 2.24) is 5.32 Å². The normalized spacial score (nSPS) is 14.8. The molecule has 32 heavy (non-hydrogen) atoms. The summed E-state index contributed by atoms with van der Waals surface area (Å²) in [6.07, 6.45) is 7.31. The predicted molar refractivity (Wildman–Crippen MR) is 134 cm³/mol. The van der Waals surface area contributed by atoms with Crippen LogP contribution >= 0.6 is 11.8 Å². The van der Waals surface area contributed by atoms with Gasteiger partial charge in [-0.2, -0.15) is 11.8 Å². The quantitative estimate of drug-likeness (QED) is 0.496. The van der Waals surface area contributed by atoms with Gasteiger partial charge in [-0.1, -0.05) is 56.0 Å². The lowest BCUT2D eigenvalue weighted by molar-refractivity contribution is -0.119. The second-order valence-corrected chi connectivity index (χ2v) is 11.6. The van der Waals surface area contributed by atoms with Gasteiger partial charge in [-0.05, 0) is 56.0 Å². The smallest absolute Gasteiger partial charge is 0.264 e. The molecule has 2 aromatic rings. The Balaban J connectivity index is 1.69. The molecule has 0 aliphatic heterocycles. The van der Waals surface area contributed by atoms with Crippen molar-refractivity contribution in [1.29, 1.82) is 0 Å². The summed E-state index contributed by atoms with van der Waals surface area (Å²) in [7, 11) is -3.87. The molecule has 1 aliphatic rings. The van der Waals surface area contributed by atoms with Crippen LogP contribution in [-0.4, -0.2) is 38.4 Å². The van der Waals surface area contributed by atoms with Crippen molar-refractivity contribution in [2.45, 2.75) is 62.5 Å². The molecule has 7 heteroatoms. The highest BCUT2D eigenvalue weighted by Gasteiger charge is 2.27. The Bertz CT molecular complexity index is 967. The number of carbonyl (C=O) groups excluding carboxylic acids is 1. The first kappa shape index (κ1) is 24.6. The first-order valence-electron chi connectivity index (χ1n) is 11.5. The second kappa shape index (κ2) is 11.8. The Morgan fingerprint density at radius 1 is 1.03 bits per heavy atom. The van der Waals surface area contributed by atoms with E-state index < -0.39 is 10.0 Å². The minimum atomic E-state index is -3.87. The summed E-state index contributed by atoms with van der Waals surface area (Å²) in [6, 6.07) is 14.1. The average molecular weight is 475 g/mol. The van der Waals surface area contributed by atoms with Crippen molar-refractivity contribution in [3.63, 3.8) is 0 Å². The molecule has 0 heterocycles. The number of nitrogens with zero attached hydrogens (tertiary/aromatic N) is 1. The Kier molecular flexibility index (Phi) is 9.05. The van der Waals surface area contributed by atoms with Gasteiger partial charge in [0.05, 0.1) is 10.6 Å². The fourth-order valence-corrected chi connectivity index (χ4v) is 6.53. The monoisotopic (exact) mass is 474 g/mol. The van der Waals surface area contributed by atoms with Crippen LogP contribution in [0.1, 0.15) is 50.2 Å². The summed E-state index contributed by atoms with van der Waals surface area (Å²) in [4.78, 5) is 12.9. The second-order valence-electron chi connectivity index (χ2n) is 8.33. The van der Waals surface area contributed by atoms with Gasteiger partial charge in [0.25, 0.3) is 10.0 Å². The summed E-state index contributed by atoms with van der Waals surface area (Å²) >= 11 is 1.92. The standard InChI is InChI=1S/C25H34N2O3S2/c1-3-21-11-13-22(14-12-21)27(32(29,30)24-15-9-20(2)10-16-24)19-25(28)26-17-18-31-23-7-5-4-6-8-23/h9-16,23H,3-8,17-19H2,1-2H3,(H,26,28). The first-order valence-corrected chi connectivity index (χ1v) is 14.0. The van der Waals surface area contributed by atoms with Gasteiger partial charge in [0.15, 0.2) is 0 Å². The van der Waals surface area contributed by atoms with E-state index in [9.17, 15) is 13.2 Å². The summed E-state index contributed by atoms with van der Waals surface area (Å²) in [5, 5.41) is 3.60. The lowest BCUT2D eigenvalue weighted by Crippen LogP contribution is -2.41. The van der Waals surface area contributed by atoms with Crippen LogP contribution in [0.3, 0.4) is 0 Å². The predicted octanol–water partition coefficient (Wildman–Crippen LogP) is 4.93. The van der Waals surface area contributed by atoms with Gasteiger partial charge >= 0.3 is 0 Å². The third-order valence-electron chi connectivity index (χ3n) is 5.86. The van der Waals surface area contributed by atoms with E-state index in [1.807, 2.05) is 30.8 Å². The highest BCUT2D eigenvalue weighted by molar-refractivity contribution is 7.99. The van der Waals surface area contributed by atoms with Crippen molar-refractivity contribution < 1.29 is 13.2 Å². The van der Waals surface area contributed by atoms with Gasteiger partial charge in [-0.25, -0.2) is 8.42 Å². The number of nitrogens with one attached hydrogen (secondary N) is 1. The average Bonchev–Trinajstić information content (AvgIpc) is 2.81. The van der Waals surface area contributed by atoms with Crippen LogP contribution in [0.25, 0.3) is 0 Å². The van der Waals surface area contributed by atoms with Gasteiger partial charge in [0, 0.05) is 17.5 Å². The van der Waals surface area contributed by atoms with Gasteiger partial charge in [0.1, 0.15) is 6.54 Å². The van der Waals surface area contributed by atoms with E-state index >= 15 is 0 Å². The van der Waals surface area contributed by atoms with E-state index in [0.29, 0.717) is 17.5 Å². The SMILES string of the molecule is CCc1ccc(N(CC(=O)NCCSC2CCCCC2)S(=O)(=O)c2ccc(C)cc2)cc1. The van der Waals surface area contributed by atoms with Crippen LogP contribution in [0.5, 0.6) is 0 Å². The molecule has 1 fully saturated rings. The molecule has 0 aromatic heterocycles. The zero-order chi connectivity index (χ0) is 23.0.